The molecule has 0 saturated heterocycles. The minimum atomic E-state index is -0.118. The van der Waals surface area contributed by atoms with E-state index < -0.39 is 0 Å². The summed E-state index contributed by atoms with van der Waals surface area (Å²) >= 11 is 5.62. The number of rotatable bonds is 1. The van der Waals surface area contributed by atoms with Gasteiger partial charge in [0.05, 0.1) is 5.41 Å². The second kappa shape index (κ2) is 2.06. The first-order chi connectivity index (χ1) is 5.27. The highest BCUT2D eigenvalue weighted by molar-refractivity contribution is 6.28. The van der Waals surface area contributed by atoms with E-state index in [1.165, 1.54) is 0 Å². The molecule has 0 aromatic carbocycles. The summed E-state index contributed by atoms with van der Waals surface area (Å²) in [4.78, 5) is 0. The van der Waals surface area contributed by atoms with Crippen LogP contribution >= 0.6 is 11.6 Å². The van der Waals surface area contributed by atoms with Crippen LogP contribution in [0.5, 0.6) is 0 Å². The second-order valence-corrected chi connectivity index (χ2v) is 3.20. The SMILES string of the molecule is C#CC1(c2ccc(Cl)o2)CC1. The van der Waals surface area contributed by atoms with Crippen LogP contribution in [0.2, 0.25) is 5.22 Å². The maximum atomic E-state index is 5.62. The van der Waals surface area contributed by atoms with Crippen molar-refractivity contribution >= 4 is 11.6 Å². The highest BCUT2D eigenvalue weighted by atomic mass is 35.5. The number of hydrogen-bond donors (Lipinski definition) is 0. The van der Waals surface area contributed by atoms with E-state index in [4.69, 9.17) is 22.4 Å². The third-order valence-corrected chi connectivity index (χ3v) is 2.27. The van der Waals surface area contributed by atoms with E-state index in [0.717, 1.165) is 18.6 Å². The van der Waals surface area contributed by atoms with Crippen molar-refractivity contribution in [2.24, 2.45) is 0 Å². The summed E-state index contributed by atoms with van der Waals surface area (Å²) < 4.78 is 5.22. The first-order valence-corrected chi connectivity index (χ1v) is 3.88. The van der Waals surface area contributed by atoms with Gasteiger partial charge in [-0.25, -0.2) is 0 Å². The molecule has 56 valence electrons. The van der Waals surface area contributed by atoms with Gasteiger partial charge in [-0.05, 0) is 36.6 Å². The standard InChI is InChI=1S/C9H7ClO/c1-2-9(5-6-9)7-3-4-8(10)11-7/h1,3-4H,5-6H2. The highest BCUT2D eigenvalue weighted by Gasteiger charge is 2.45. The Labute approximate surface area is 70.3 Å². The van der Waals surface area contributed by atoms with Gasteiger partial charge in [-0.2, -0.15) is 0 Å². The van der Waals surface area contributed by atoms with E-state index in [0.29, 0.717) is 5.22 Å². The largest absolute Gasteiger partial charge is 0.448 e. The van der Waals surface area contributed by atoms with Gasteiger partial charge in [-0.15, -0.1) is 6.42 Å². The summed E-state index contributed by atoms with van der Waals surface area (Å²) in [7, 11) is 0. The van der Waals surface area contributed by atoms with Crippen molar-refractivity contribution in [1.29, 1.82) is 0 Å². The van der Waals surface area contributed by atoms with Gasteiger partial charge in [-0.3, -0.25) is 0 Å². The molecule has 1 aliphatic rings. The van der Waals surface area contributed by atoms with Crippen molar-refractivity contribution in [3.63, 3.8) is 0 Å². The smallest absolute Gasteiger partial charge is 0.193 e. The van der Waals surface area contributed by atoms with Crippen molar-refractivity contribution in [2.75, 3.05) is 0 Å². The zero-order valence-corrected chi connectivity index (χ0v) is 6.69. The molecule has 1 heterocycles. The van der Waals surface area contributed by atoms with Gasteiger partial charge in [0.25, 0.3) is 0 Å². The van der Waals surface area contributed by atoms with E-state index >= 15 is 0 Å². The van der Waals surface area contributed by atoms with Gasteiger partial charge in [0.1, 0.15) is 5.76 Å². The molecule has 0 bridgehead atoms. The maximum absolute atomic E-state index is 5.62. The van der Waals surface area contributed by atoms with Crippen LogP contribution in [0.3, 0.4) is 0 Å². The highest BCUT2D eigenvalue weighted by Crippen LogP contribution is 2.48. The number of terminal acetylenes is 1. The molecule has 1 nitrogen and oxygen atoms in total. The Morgan fingerprint density at radius 1 is 1.55 bits per heavy atom. The van der Waals surface area contributed by atoms with Crippen LogP contribution < -0.4 is 0 Å². The van der Waals surface area contributed by atoms with Crippen molar-refractivity contribution < 1.29 is 4.42 Å². The van der Waals surface area contributed by atoms with Crippen molar-refractivity contribution in [2.45, 2.75) is 18.3 Å². The van der Waals surface area contributed by atoms with Gasteiger partial charge in [-0.1, -0.05) is 5.92 Å². The topological polar surface area (TPSA) is 13.1 Å². The molecule has 1 aliphatic carbocycles. The summed E-state index contributed by atoms with van der Waals surface area (Å²) in [6.07, 6.45) is 7.40. The van der Waals surface area contributed by atoms with Crippen LogP contribution in [-0.4, -0.2) is 0 Å². The number of halogens is 1. The Morgan fingerprint density at radius 2 is 2.27 bits per heavy atom. The fraction of sp³-hybridized carbons (Fsp3) is 0.333. The van der Waals surface area contributed by atoms with Crippen LogP contribution in [0.4, 0.5) is 0 Å². The van der Waals surface area contributed by atoms with Gasteiger partial charge >= 0.3 is 0 Å². The van der Waals surface area contributed by atoms with Crippen molar-refractivity contribution in [3.8, 4) is 12.3 Å². The quantitative estimate of drug-likeness (QED) is 0.585. The van der Waals surface area contributed by atoms with Crippen LogP contribution in [0.1, 0.15) is 18.6 Å². The minimum absolute atomic E-state index is 0.118. The van der Waals surface area contributed by atoms with E-state index in [1.54, 1.807) is 6.07 Å². The molecule has 1 aromatic rings. The molecule has 0 spiro atoms. The fourth-order valence-electron chi connectivity index (χ4n) is 1.16. The summed E-state index contributed by atoms with van der Waals surface area (Å²) in [5.41, 5.74) is -0.118. The molecular weight excluding hydrogens is 160 g/mol. The number of furan rings is 1. The average Bonchev–Trinajstić information content (AvgIpc) is 2.70. The molecule has 0 unspecified atom stereocenters. The normalized spacial score (nSPS) is 19.3. The van der Waals surface area contributed by atoms with Gasteiger partial charge in [0, 0.05) is 0 Å². The third-order valence-electron chi connectivity index (χ3n) is 2.07. The molecule has 1 aromatic heterocycles. The molecule has 0 atom stereocenters. The number of hydrogen-bond acceptors (Lipinski definition) is 1. The predicted molar refractivity (Wildman–Crippen MR) is 43.5 cm³/mol. The van der Waals surface area contributed by atoms with Gasteiger partial charge < -0.3 is 4.42 Å². The first kappa shape index (κ1) is 6.82. The maximum Gasteiger partial charge on any atom is 0.193 e. The van der Waals surface area contributed by atoms with E-state index in [-0.39, 0.29) is 5.41 Å². The lowest BCUT2D eigenvalue weighted by Crippen LogP contribution is -1.99. The van der Waals surface area contributed by atoms with Crippen molar-refractivity contribution in [3.05, 3.63) is 23.1 Å². The minimum Gasteiger partial charge on any atom is -0.448 e. The lowest BCUT2D eigenvalue weighted by atomic mass is 10.1. The summed E-state index contributed by atoms with van der Waals surface area (Å²) in [5, 5.41) is 0.418. The van der Waals surface area contributed by atoms with Crippen LogP contribution in [0, 0.1) is 12.3 Å². The van der Waals surface area contributed by atoms with Crippen LogP contribution in [-0.2, 0) is 5.41 Å². The zero-order chi connectivity index (χ0) is 7.90. The molecule has 0 aliphatic heterocycles. The Kier molecular flexibility index (Phi) is 1.27. The van der Waals surface area contributed by atoms with E-state index in [1.807, 2.05) is 6.07 Å². The molecule has 2 rings (SSSR count). The summed E-state index contributed by atoms with van der Waals surface area (Å²) in [6, 6.07) is 3.59. The molecular formula is C9H7ClO. The van der Waals surface area contributed by atoms with Crippen LogP contribution in [0.15, 0.2) is 16.5 Å². The van der Waals surface area contributed by atoms with Crippen molar-refractivity contribution in [1.82, 2.24) is 0 Å². The molecule has 0 radical (unpaired) electrons. The Balaban J connectivity index is 2.38. The third kappa shape index (κ3) is 0.948. The first-order valence-electron chi connectivity index (χ1n) is 3.50. The molecule has 1 fully saturated rings. The lowest BCUT2D eigenvalue weighted by molar-refractivity contribution is 0.490. The van der Waals surface area contributed by atoms with E-state index in [2.05, 4.69) is 5.92 Å². The monoisotopic (exact) mass is 166 g/mol. The molecule has 0 amide bonds. The summed E-state index contributed by atoms with van der Waals surface area (Å²) in [5.74, 6) is 3.57. The summed E-state index contributed by atoms with van der Waals surface area (Å²) in [6.45, 7) is 0. The average molecular weight is 167 g/mol. The second-order valence-electron chi connectivity index (χ2n) is 2.83. The zero-order valence-electron chi connectivity index (χ0n) is 5.93. The molecule has 2 heteroatoms. The molecule has 11 heavy (non-hydrogen) atoms. The molecule has 0 N–H and O–H groups in total. The Hall–Kier alpha value is -0.870. The Morgan fingerprint density at radius 3 is 2.64 bits per heavy atom. The Bertz CT molecular complexity index is 315. The lowest BCUT2D eigenvalue weighted by Gasteiger charge is -2.00. The fourth-order valence-corrected chi connectivity index (χ4v) is 1.30. The van der Waals surface area contributed by atoms with E-state index in [9.17, 15) is 0 Å². The van der Waals surface area contributed by atoms with Crippen LogP contribution in [0.25, 0.3) is 0 Å². The van der Waals surface area contributed by atoms with Gasteiger partial charge in [0.15, 0.2) is 5.22 Å². The van der Waals surface area contributed by atoms with Gasteiger partial charge in [0.2, 0.25) is 0 Å². The molecule has 1 saturated carbocycles. The predicted octanol–water partition coefficient (Wildman–Crippen LogP) is 2.60.